The summed E-state index contributed by atoms with van der Waals surface area (Å²) in [5.74, 6) is -0.214. The van der Waals surface area contributed by atoms with Crippen molar-refractivity contribution in [2.24, 2.45) is 10.7 Å². The van der Waals surface area contributed by atoms with Crippen molar-refractivity contribution in [2.75, 3.05) is 7.11 Å². The average Bonchev–Trinajstić information content (AvgIpc) is 2.56. The third-order valence-electron chi connectivity index (χ3n) is 1.92. The fourth-order valence-electron chi connectivity index (χ4n) is 1.24. The Morgan fingerprint density at radius 2 is 2.57 bits per heavy atom. The van der Waals surface area contributed by atoms with Crippen molar-refractivity contribution in [3.63, 3.8) is 0 Å². The summed E-state index contributed by atoms with van der Waals surface area (Å²) >= 11 is 0. The molecular formula is C8H9N3O3. The summed E-state index contributed by atoms with van der Waals surface area (Å²) in [7, 11) is 1.28. The molecule has 14 heavy (non-hydrogen) atoms. The molecule has 6 heteroatoms. The van der Waals surface area contributed by atoms with Gasteiger partial charge in [-0.1, -0.05) is 0 Å². The summed E-state index contributed by atoms with van der Waals surface area (Å²) in [4.78, 5) is 15.1. The van der Waals surface area contributed by atoms with Gasteiger partial charge in [-0.25, -0.2) is 9.79 Å². The second-order valence-corrected chi connectivity index (χ2v) is 2.75. The van der Waals surface area contributed by atoms with Crippen LogP contribution in [0, 0.1) is 0 Å². The highest BCUT2D eigenvalue weighted by Crippen LogP contribution is 2.20. The van der Waals surface area contributed by atoms with Crippen LogP contribution in [-0.2, 0) is 14.3 Å². The number of methoxy groups -OCH3 is 1. The molecule has 0 aromatic carbocycles. The van der Waals surface area contributed by atoms with Gasteiger partial charge in [-0.3, -0.25) is 0 Å². The van der Waals surface area contributed by atoms with Crippen LogP contribution in [-0.4, -0.2) is 25.1 Å². The molecule has 0 radical (unpaired) electrons. The number of hydrogen-bond donors (Lipinski definition) is 2. The number of esters is 1. The maximum atomic E-state index is 11.2. The highest BCUT2D eigenvalue weighted by Gasteiger charge is 2.37. The fourth-order valence-corrected chi connectivity index (χ4v) is 1.24. The standard InChI is InChI=1S/C8H9N3O3/c1-13-8(12)6-4(9)5-7(14-6)11-3-2-10-5/h2-3,6,10H,9H2,1H3. The van der Waals surface area contributed by atoms with E-state index in [9.17, 15) is 4.79 Å². The van der Waals surface area contributed by atoms with Crippen LogP contribution in [0.15, 0.2) is 28.8 Å². The molecule has 0 saturated carbocycles. The first-order chi connectivity index (χ1) is 6.74. The van der Waals surface area contributed by atoms with Crippen LogP contribution in [0.1, 0.15) is 0 Å². The molecule has 0 saturated heterocycles. The molecule has 2 aliphatic rings. The number of nitrogens with two attached hydrogens (primary N) is 1. The largest absolute Gasteiger partial charge is 0.466 e. The van der Waals surface area contributed by atoms with Crippen molar-refractivity contribution < 1.29 is 14.3 Å². The van der Waals surface area contributed by atoms with E-state index in [2.05, 4.69) is 15.0 Å². The van der Waals surface area contributed by atoms with Gasteiger partial charge in [0.1, 0.15) is 5.70 Å². The van der Waals surface area contributed by atoms with Gasteiger partial charge >= 0.3 is 5.97 Å². The molecule has 0 aromatic heterocycles. The number of carbonyl (C=O) groups is 1. The van der Waals surface area contributed by atoms with E-state index < -0.39 is 12.1 Å². The number of hydrogen-bond acceptors (Lipinski definition) is 6. The minimum Gasteiger partial charge on any atom is -0.466 e. The second-order valence-electron chi connectivity index (χ2n) is 2.75. The van der Waals surface area contributed by atoms with Gasteiger partial charge in [0.15, 0.2) is 0 Å². The Hall–Kier alpha value is -1.98. The molecule has 2 rings (SSSR count). The molecule has 74 valence electrons. The van der Waals surface area contributed by atoms with E-state index in [1.54, 1.807) is 6.20 Å². The van der Waals surface area contributed by atoms with Crippen LogP contribution in [0.5, 0.6) is 0 Å². The molecule has 0 aliphatic carbocycles. The smallest absolute Gasteiger partial charge is 0.353 e. The Morgan fingerprint density at radius 1 is 1.79 bits per heavy atom. The molecule has 0 fully saturated rings. The highest BCUT2D eigenvalue weighted by molar-refractivity contribution is 6.01. The molecule has 2 heterocycles. The van der Waals surface area contributed by atoms with Crippen molar-refractivity contribution in [3.8, 4) is 0 Å². The van der Waals surface area contributed by atoms with Crippen LogP contribution in [0.25, 0.3) is 0 Å². The number of fused-ring (bicyclic) bond motifs is 1. The minimum absolute atomic E-state index is 0.292. The summed E-state index contributed by atoms with van der Waals surface area (Å²) in [5, 5.41) is 2.85. The van der Waals surface area contributed by atoms with Gasteiger partial charge in [0, 0.05) is 12.4 Å². The van der Waals surface area contributed by atoms with Gasteiger partial charge in [-0.2, -0.15) is 0 Å². The normalized spacial score (nSPS) is 23.5. The van der Waals surface area contributed by atoms with Crippen molar-refractivity contribution in [1.29, 1.82) is 0 Å². The zero-order chi connectivity index (χ0) is 10.1. The summed E-state index contributed by atoms with van der Waals surface area (Å²) in [5.41, 5.74) is 6.51. The van der Waals surface area contributed by atoms with E-state index in [-0.39, 0.29) is 0 Å². The third-order valence-corrected chi connectivity index (χ3v) is 1.92. The Kier molecular flexibility index (Phi) is 1.88. The molecule has 2 aliphatic heterocycles. The monoisotopic (exact) mass is 195 g/mol. The third kappa shape index (κ3) is 1.12. The van der Waals surface area contributed by atoms with Crippen LogP contribution < -0.4 is 11.1 Å². The average molecular weight is 195 g/mol. The first-order valence-corrected chi connectivity index (χ1v) is 3.98. The number of nitrogens with one attached hydrogen (secondary N) is 1. The summed E-state index contributed by atoms with van der Waals surface area (Å²) in [6.07, 6.45) is 2.24. The molecule has 1 unspecified atom stereocenters. The Bertz CT molecular complexity index is 370. The topological polar surface area (TPSA) is 85.9 Å². The van der Waals surface area contributed by atoms with Gasteiger partial charge in [0.2, 0.25) is 12.0 Å². The zero-order valence-electron chi connectivity index (χ0n) is 7.48. The summed E-state index contributed by atoms with van der Waals surface area (Å²) in [6, 6.07) is 0. The quantitative estimate of drug-likeness (QED) is 0.535. The lowest BCUT2D eigenvalue weighted by atomic mass is 10.2. The van der Waals surface area contributed by atoms with E-state index in [1.807, 2.05) is 0 Å². The first-order valence-electron chi connectivity index (χ1n) is 3.98. The van der Waals surface area contributed by atoms with Crippen molar-refractivity contribution in [1.82, 2.24) is 5.32 Å². The first kappa shape index (κ1) is 8.61. The van der Waals surface area contributed by atoms with Crippen molar-refractivity contribution >= 4 is 11.9 Å². The minimum atomic E-state index is -0.888. The van der Waals surface area contributed by atoms with Crippen LogP contribution in [0.3, 0.4) is 0 Å². The lowest BCUT2D eigenvalue weighted by molar-refractivity contribution is -0.147. The maximum absolute atomic E-state index is 11.2. The summed E-state index contributed by atoms with van der Waals surface area (Å²) < 4.78 is 9.72. The van der Waals surface area contributed by atoms with E-state index in [0.29, 0.717) is 17.3 Å². The lowest BCUT2D eigenvalue weighted by Gasteiger charge is -2.08. The number of rotatable bonds is 1. The Labute approximate surface area is 80.1 Å². The molecule has 6 nitrogen and oxygen atoms in total. The van der Waals surface area contributed by atoms with Crippen molar-refractivity contribution in [3.05, 3.63) is 23.8 Å². The molecular weight excluding hydrogens is 186 g/mol. The van der Waals surface area contributed by atoms with Crippen LogP contribution >= 0.6 is 0 Å². The number of carbonyl (C=O) groups excluding carboxylic acids is 1. The zero-order valence-corrected chi connectivity index (χ0v) is 7.48. The molecule has 0 spiro atoms. The predicted molar refractivity (Wildman–Crippen MR) is 47.8 cm³/mol. The Morgan fingerprint density at radius 3 is 3.21 bits per heavy atom. The van der Waals surface area contributed by atoms with Crippen LogP contribution in [0.2, 0.25) is 0 Å². The molecule has 0 amide bonds. The highest BCUT2D eigenvalue weighted by atomic mass is 16.6. The SMILES string of the molecule is COC(=O)C1OC2=NC=CNC2=C1N. The fraction of sp³-hybridized carbons (Fsp3) is 0.250. The maximum Gasteiger partial charge on any atom is 0.353 e. The lowest BCUT2D eigenvalue weighted by Crippen LogP contribution is -2.28. The van der Waals surface area contributed by atoms with Crippen molar-refractivity contribution in [2.45, 2.75) is 6.10 Å². The molecule has 0 bridgehead atoms. The Balaban J connectivity index is 2.30. The van der Waals surface area contributed by atoms with E-state index in [0.717, 1.165) is 0 Å². The van der Waals surface area contributed by atoms with Gasteiger partial charge in [0.05, 0.1) is 12.8 Å². The van der Waals surface area contributed by atoms with E-state index in [1.165, 1.54) is 13.3 Å². The van der Waals surface area contributed by atoms with Crippen LogP contribution in [0.4, 0.5) is 0 Å². The number of nitrogens with zero attached hydrogens (tertiary/aromatic N) is 1. The number of ether oxygens (including phenoxy) is 2. The summed E-state index contributed by atoms with van der Waals surface area (Å²) in [6.45, 7) is 0. The molecule has 0 aromatic rings. The molecule has 1 atom stereocenters. The van der Waals surface area contributed by atoms with E-state index >= 15 is 0 Å². The predicted octanol–water partition coefficient (Wildman–Crippen LogP) is -0.799. The molecule has 3 N–H and O–H groups in total. The van der Waals surface area contributed by atoms with Gasteiger partial charge in [-0.15, -0.1) is 0 Å². The van der Waals surface area contributed by atoms with Gasteiger partial charge in [-0.05, 0) is 0 Å². The van der Waals surface area contributed by atoms with E-state index in [4.69, 9.17) is 10.5 Å². The second kappa shape index (κ2) is 3.06. The van der Waals surface area contributed by atoms with Gasteiger partial charge < -0.3 is 20.5 Å². The van der Waals surface area contributed by atoms with Gasteiger partial charge in [0.25, 0.3) is 0 Å². The number of aliphatic imine (C=N–C) groups is 1.